The van der Waals surface area contributed by atoms with Crippen LogP contribution in [0.4, 0.5) is 5.69 Å². The van der Waals surface area contributed by atoms with Crippen LogP contribution in [-0.4, -0.2) is 16.0 Å². The van der Waals surface area contributed by atoms with Gasteiger partial charge in [0.15, 0.2) is 0 Å². The summed E-state index contributed by atoms with van der Waals surface area (Å²) in [5, 5.41) is 13.7. The van der Waals surface area contributed by atoms with Crippen molar-refractivity contribution in [3.63, 3.8) is 0 Å². The second-order valence-corrected chi connectivity index (χ2v) is 7.08. The molecule has 0 aliphatic carbocycles. The van der Waals surface area contributed by atoms with Gasteiger partial charge in [0.05, 0.1) is 6.61 Å². The van der Waals surface area contributed by atoms with Gasteiger partial charge < -0.3 is 15.4 Å². The van der Waals surface area contributed by atoms with E-state index < -0.39 is 0 Å². The van der Waals surface area contributed by atoms with Crippen LogP contribution in [0.2, 0.25) is 5.02 Å². The van der Waals surface area contributed by atoms with Crippen LogP contribution >= 0.6 is 11.6 Å². The summed E-state index contributed by atoms with van der Waals surface area (Å²) in [6.07, 6.45) is 0.618. The summed E-state index contributed by atoms with van der Waals surface area (Å²) < 4.78 is 0. The minimum atomic E-state index is -0.213. The van der Waals surface area contributed by atoms with Crippen LogP contribution in [-0.2, 0) is 13.0 Å². The number of nitrogens with one attached hydrogen (secondary N) is 2. The van der Waals surface area contributed by atoms with E-state index in [2.05, 4.69) is 10.3 Å². The zero-order valence-electron chi connectivity index (χ0n) is 15.1. The number of rotatable bonds is 5. The molecule has 1 heterocycles. The van der Waals surface area contributed by atoms with Gasteiger partial charge in [-0.1, -0.05) is 54.1 Å². The van der Waals surface area contributed by atoms with Crippen LogP contribution in [0.3, 0.4) is 0 Å². The molecule has 0 saturated carbocycles. The van der Waals surface area contributed by atoms with Gasteiger partial charge in [0.2, 0.25) is 0 Å². The number of aliphatic hydroxyl groups is 1. The largest absolute Gasteiger partial charge is 0.392 e. The molecule has 0 bridgehead atoms. The Morgan fingerprint density at radius 1 is 0.964 bits per heavy atom. The predicted octanol–water partition coefficient (Wildman–Crippen LogP) is 5.16. The molecule has 0 aliphatic rings. The zero-order valence-corrected chi connectivity index (χ0v) is 15.8. The van der Waals surface area contributed by atoms with E-state index in [0.717, 1.165) is 27.6 Å². The lowest BCUT2D eigenvalue weighted by molar-refractivity contribution is 0.102. The number of H-pyrrole nitrogens is 1. The van der Waals surface area contributed by atoms with Gasteiger partial charge in [-0.25, -0.2) is 0 Å². The number of aromatic amines is 1. The third-order valence-electron chi connectivity index (χ3n) is 4.71. The Labute approximate surface area is 167 Å². The van der Waals surface area contributed by atoms with Crippen molar-refractivity contribution in [1.29, 1.82) is 0 Å². The van der Waals surface area contributed by atoms with Crippen LogP contribution in [0, 0.1) is 0 Å². The van der Waals surface area contributed by atoms with E-state index in [9.17, 15) is 4.79 Å². The quantitative estimate of drug-likeness (QED) is 0.441. The summed E-state index contributed by atoms with van der Waals surface area (Å²) in [7, 11) is 0. The summed E-state index contributed by atoms with van der Waals surface area (Å²) in [5.74, 6) is -0.213. The molecule has 0 spiro atoms. The number of aromatic nitrogens is 1. The monoisotopic (exact) mass is 390 g/mol. The van der Waals surface area contributed by atoms with Gasteiger partial charge in [0, 0.05) is 28.0 Å². The van der Waals surface area contributed by atoms with Gasteiger partial charge in [-0.05, 0) is 47.0 Å². The summed E-state index contributed by atoms with van der Waals surface area (Å²) in [4.78, 5) is 16.3. The number of halogens is 1. The SMILES string of the molecule is O=C(Nc1ccc(CO)cc1)c1[nH]c2ccc(Cl)cc2c1Cc1ccccc1. The highest BCUT2D eigenvalue weighted by atomic mass is 35.5. The topological polar surface area (TPSA) is 65.1 Å². The second kappa shape index (κ2) is 7.89. The molecule has 1 amide bonds. The van der Waals surface area contributed by atoms with E-state index in [0.29, 0.717) is 22.8 Å². The molecule has 0 atom stereocenters. The van der Waals surface area contributed by atoms with Crippen LogP contribution in [0.15, 0.2) is 72.8 Å². The van der Waals surface area contributed by atoms with Crippen molar-refractivity contribution in [2.24, 2.45) is 0 Å². The average molecular weight is 391 g/mol. The van der Waals surface area contributed by atoms with Crippen molar-refractivity contribution in [1.82, 2.24) is 4.98 Å². The standard InChI is InChI=1S/C23H19ClN2O2/c24-17-8-11-21-19(13-17)20(12-15-4-2-1-3-5-15)22(26-21)23(28)25-18-9-6-16(14-27)7-10-18/h1-11,13,26-27H,12,14H2,(H,25,28). The van der Waals surface area contributed by atoms with E-state index in [1.165, 1.54) is 0 Å². The van der Waals surface area contributed by atoms with E-state index in [1.54, 1.807) is 24.3 Å². The molecule has 4 rings (SSSR count). The number of aliphatic hydroxyl groups excluding tert-OH is 1. The molecule has 28 heavy (non-hydrogen) atoms. The highest BCUT2D eigenvalue weighted by Crippen LogP contribution is 2.28. The third kappa shape index (κ3) is 3.79. The summed E-state index contributed by atoms with van der Waals surface area (Å²) in [6, 6.07) is 22.7. The molecule has 3 N–H and O–H groups in total. The molecule has 0 unspecified atom stereocenters. The van der Waals surface area contributed by atoms with Crippen molar-refractivity contribution < 1.29 is 9.90 Å². The molecule has 1 aromatic heterocycles. The minimum absolute atomic E-state index is 0.0295. The first kappa shape index (κ1) is 18.3. The molecule has 4 aromatic rings. The van der Waals surface area contributed by atoms with Gasteiger partial charge in [-0.2, -0.15) is 0 Å². The number of carbonyl (C=O) groups is 1. The Morgan fingerprint density at radius 3 is 2.43 bits per heavy atom. The Morgan fingerprint density at radius 2 is 1.71 bits per heavy atom. The maximum atomic E-state index is 13.0. The molecule has 140 valence electrons. The lowest BCUT2D eigenvalue weighted by Gasteiger charge is -2.08. The van der Waals surface area contributed by atoms with Crippen LogP contribution in [0.5, 0.6) is 0 Å². The molecular formula is C23H19ClN2O2. The number of hydrogen-bond donors (Lipinski definition) is 3. The summed E-state index contributed by atoms with van der Waals surface area (Å²) in [5.41, 5.74) is 4.88. The second-order valence-electron chi connectivity index (χ2n) is 6.64. The average Bonchev–Trinajstić information content (AvgIpc) is 3.07. The van der Waals surface area contributed by atoms with Gasteiger partial charge >= 0.3 is 0 Å². The number of hydrogen-bond acceptors (Lipinski definition) is 2. The first-order chi connectivity index (χ1) is 13.6. The first-order valence-electron chi connectivity index (χ1n) is 8.99. The lowest BCUT2D eigenvalue weighted by atomic mass is 10.0. The van der Waals surface area contributed by atoms with E-state index in [4.69, 9.17) is 16.7 Å². The van der Waals surface area contributed by atoms with Crippen LogP contribution < -0.4 is 5.32 Å². The number of benzene rings is 3. The number of amides is 1. The van der Waals surface area contributed by atoms with E-state index >= 15 is 0 Å². The van der Waals surface area contributed by atoms with Crippen molar-refractivity contribution in [3.8, 4) is 0 Å². The fraction of sp³-hybridized carbons (Fsp3) is 0.0870. The van der Waals surface area contributed by atoms with Crippen molar-refractivity contribution in [2.45, 2.75) is 13.0 Å². The molecule has 0 fully saturated rings. The predicted molar refractivity (Wildman–Crippen MR) is 113 cm³/mol. The zero-order chi connectivity index (χ0) is 19.5. The molecule has 0 saturated heterocycles. The third-order valence-corrected chi connectivity index (χ3v) is 4.95. The Balaban J connectivity index is 1.72. The molecule has 0 radical (unpaired) electrons. The molecule has 4 nitrogen and oxygen atoms in total. The number of carbonyl (C=O) groups excluding carboxylic acids is 1. The molecule has 0 aliphatic heterocycles. The van der Waals surface area contributed by atoms with Crippen LogP contribution in [0.1, 0.15) is 27.2 Å². The van der Waals surface area contributed by atoms with Crippen molar-refractivity contribution >= 4 is 34.1 Å². The maximum absolute atomic E-state index is 13.0. The Hall–Kier alpha value is -3.08. The van der Waals surface area contributed by atoms with Gasteiger partial charge in [-0.15, -0.1) is 0 Å². The normalized spacial score (nSPS) is 10.9. The first-order valence-corrected chi connectivity index (χ1v) is 9.37. The van der Waals surface area contributed by atoms with Gasteiger partial charge in [0.1, 0.15) is 5.69 Å². The summed E-state index contributed by atoms with van der Waals surface area (Å²) >= 11 is 6.21. The van der Waals surface area contributed by atoms with E-state index in [-0.39, 0.29) is 12.5 Å². The fourth-order valence-electron chi connectivity index (χ4n) is 3.28. The summed E-state index contributed by atoms with van der Waals surface area (Å²) in [6.45, 7) is -0.0295. The van der Waals surface area contributed by atoms with Gasteiger partial charge in [-0.3, -0.25) is 4.79 Å². The van der Waals surface area contributed by atoms with Crippen molar-refractivity contribution in [2.75, 3.05) is 5.32 Å². The number of fused-ring (bicyclic) bond motifs is 1. The smallest absolute Gasteiger partial charge is 0.272 e. The molecule has 3 aromatic carbocycles. The Bertz CT molecular complexity index is 1120. The maximum Gasteiger partial charge on any atom is 0.272 e. The van der Waals surface area contributed by atoms with Crippen LogP contribution in [0.25, 0.3) is 10.9 Å². The molecule has 5 heteroatoms. The Kier molecular flexibility index (Phi) is 5.15. The van der Waals surface area contributed by atoms with E-state index in [1.807, 2.05) is 48.5 Å². The highest BCUT2D eigenvalue weighted by molar-refractivity contribution is 6.31. The van der Waals surface area contributed by atoms with Crippen molar-refractivity contribution in [3.05, 3.63) is 100 Å². The van der Waals surface area contributed by atoms with Gasteiger partial charge in [0.25, 0.3) is 5.91 Å². The fourth-order valence-corrected chi connectivity index (χ4v) is 3.46. The molecular weight excluding hydrogens is 372 g/mol. The highest BCUT2D eigenvalue weighted by Gasteiger charge is 2.18. The lowest BCUT2D eigenvalue weighted by Crippen LogP contribution is -2.14. The number of anilines is 1. The minimum Gasteiger partial charge on any atom is -0.392 e.